The van der Waals surface area contributed by atoms with Crippen LogP contribution < -0.4 is 5.32 Å². The van der Waals surface area contributed by atoms with Crippen LogP contribution >= 0.6 is 0 Å². The van der Waals surface area contributed by atoms with E-state index in [0.29, 0.717) is 11.3 Å². The van der Waals surface area contributed by atoms with Crippen LogP contribution in [-0.2, 0) is 4.79 Å². The molecule has 0 unspecified atom stereocenters. The van der Waals surface area contributed by atoms with E-state index in [2.05, 4.69) is 10.3 Å². The molecule has 0 saturated carbocycles. The predicted octanol–water partition coefficient (Wildman–Crippen LogP) is 1.74. The molecular formula is C11H11N3O3. The Labute approximate surface area is 97.5 Å². The first-order valence-corrected chi connectivity index (χ1v) is 5.05. The molecule has 88 valence electrons. The first-order valence-electron chi connectivity index (χ1n) is 5.05. The highest BCUT2D eigenvalue weighted by Gasteiger charge is 2.29. The van der Waals surface area contributed by atoms with Crippen molar-refractivity contribution in [2.45, 2.75) is 19.4 Å². The number of carbonyl (C=O) groups is 1. The van der Waals surface area contributed by atoms with Crippen molar-refractivity contribution in [2.75, 3.05) is 5.32 Å². The number of hydrogen-bond donors (Lipinski definition) is 1. The lowest BCUT2D eigenvalue weighted by molar-refractivity contribution is -0.384. The van der Waals surface area contributed by atoms with Gasteiger partial charge in [0.2, 0.25) is 0 Å². The van der Waals surface area contributed by atoms with Crippen molar-refractivity contribution in [3.8, 4) is 0 Å². The second-order valence-electron chi connectivity index (χ2n) is 4.30. The van der Waals surface area contributed by atoms with E-state index in [4.69, 9.17) is 0 Å². The quantitative estimate of drug-likeness (QED) is 0.592. The zero-order chi connectivity index (χ0) is 12.6. The molecule has 0 spiro atoms. The van der Waals surface area contributed by atoms with E-state index in [9.17, 15) is 14.9 Å². The summed E-state index contributed by atoms with van der Waals surface area (Å²) in [5.41, 5.74) is 0.186. The number of anilines is 1. The summed E-state index contributed by atoms with van der Waals surface area (Å²) in [6, 6.07) is 4.25. The highest BCUT2D eigenvalue weighted by atomic mass is 16.6. The van der Waals surface area contributed by atoms with Gasteiger partial charge in [-0.05, 0) is 19.9 Å². The van der Waals surface area contributed by atoms with E-state index in [1.807, 2.05) is 0 Å². The van der Waals surface area contributed by atoms with Gasteiger partial charge in [0.15, 0.2) is 0 Å². The molecule has 0 radical (unpaired) electrons. The summed E-state index contributed by atoms with van der Waals surface area (Å²) < 4.78 is 0. The van der Waals surface area contributed by atoms with Gasteiger partial charge in [0.1, 0.15) is 5.54 Å². The summed E-state index contributed by atoms with van der Waals surface area (Å²) in [7, 11) is 0. The second kappa shape index (κ2) is 3.65. The molecule has 1 aromatic carbocycles. The van der Waals surface area contributed by atoms with Crippen LogP contribution in [0, 0.1) is 10.1 Å². The molecule has 1 N–H and O–H groups in total. The van der Waals surface area contributed by atoms with Gasteiger partial charge in [0.05, 0.1) is 10.6 Å². The number of rotatable bonds is 1. The number of carbonyl (C=O) groups excluding carboxylic acids is 1. The molecule has 1 amide bonds. The number of benzodiazepines with no additional fused rings is 1. The highest BCUT2D eigenvalue weighted by molar-refractivity contribution is 6.05. The molecule has 0 aliphatic carbocycles. The summed E-state index contributed by atoms with van der Waals surface area (Å²) in [6.07, 6.45) is 1.49. The van der Waals surface area contributed by atoms with Crippen LogP contribution in [0.3, 0.4) is 0 Å². The number of nitrogens with zero attached hydrogens (tertiary/aromatic N) is 2. The van der Waals surface area contributed by atoms with E-state index in [-0.39, 0.29) is 11.6 Å². The molecule has 1 aromatic rings. The van der Waals surface area contributed by atoms with Crippen LogP contribution in [0.4, 0.5) is 11.4 Å². The maximum atomic E-state index is 11.8. The molecular weight excluding hydrogens is 222 g/mol. The molecule has 1 heterocycles. The number of benzene rings is 1. The van der Waals surface area contributed by atoms with Crippen molar-refractivity contribution in [2.24, 2.45) is 4.99 Å². The lowest BCUT2D eigenvalue weighted by atomic mass is 10.1. The van der Waals surface area contributed by atoms with E-state index in [0.717, 1.165) is 0 Å². The predicted molar refractivity (Wildman–Crippen MR) is 63.4 cm³/mol. The molecule has 0 bridgehead atoms. The number of nitro benzene ring substituents is 1. The third-order valence-electron chi connectivity index (χ3n) is 2.58. The number of hydrogen-bond acceptors (Lipinski definition) is 4. The summed E-state index contributed by atoms with van der Waals surface area (Å²) in [5, 5.41) is 13.3. The molecule has 1 aliphatic heterocycles. The summed E-state index contributed by atoms with van der Waals surface area (Å²) in [6.45, 7) is 3.36. The Bertz CT molecular complexity index is 535. The molecule has 1 aliphatic rings. The Kier molecular flexibility index (Phi) is 2.42. The summed E-state index contributed by atoms with van der Waals surface area (Å²) >= 11 is 0. The number of non-ortho nitro benzene ring substituents is 1. The smallest absolute Gasteiger partial charge is 0.270 e. The third kappa shape index (κ3) is 2.01. The van der Waals surface area contributed by atoms with Gasteiger partial charge in [-0.1, -0.05) is 0 Å². The average Bonchev–Trinajstić information content (AvgIpc) is 2.37. The van der Waals surface area contributed by atoms with Crippen molar-refractivity contribution in [3.63, 3.8) is 0 Å². The Morgan fingerprint density at radius 1 is 1.41 bits per heavy atom. The number of aliphatic imine (C=N–C) groups is 1. The Morgan fingerprint density at radius 2 is 2.12 bits per heavy atom. The van der Waals surface area contributed by atoms with Gasteiger partial charge in [-0.3, -0.25) is 19.9 Å². The highest BCUT2D eigenvalue weighted by Crippen LogP contribution is 2.25. The SMILES string of the molecule is CC1(C)N=Cc2cc([N+](=O)[O-])ccc2NC1=O. The molecule has 0 fully saturated rings. The van der Waals surface area contributed by atoms with E-state index in [1.165, 1.54) is 24.4 Å². The minimum atomic E-state index is -0.867. The Hall–Kier alpha value is -2.24. The van der Waals surface area contributed by atoms with Gasteiger partial charge in [-0.15, -0.1) is 0 Å². The van der Waals surface area contributed by atoms with E-state index in [1.54, 1.807) is 13.8 Å². The first-order chi connectivity index (χ1) is 7.90. The minimum Gasteiger partial charge on any atom is -0.323 e. The normalized spacial score (nSPS) is 16.9. The molecule has 6 nitrogen and oxygen atoms in total. The van der Waals surface area contributed by atoms with Gasteiger partial charge in [0.25, 0.3) is 11.6 Å². The first kappa shape index (κ1) is 11.3. The lowest BCUT2D eigenvalue weighted by Gasteiger charge is -2.15. The number of nitrogens with one attached hydrogen (secondary N) is 1. The molecule has 2 rings (SSSR count). The van der Waals surface area contributed by atoms with E-state index >= 15 is 0 Å². The molecule has 0 saturated heterocycles. The van der Waals surface area contributed by atoms with Crippen LogP contribution in [0.5, 0.6) is 0 Å². The summed E-state index contributed by atoms with van der Waals surface area (Å²) in [5.74, 6) is -0.235. The standard InChI is InChI=1S/C11H11N3O3/c1-11(2)10(15)13-9-4-3-8(14(16)17)5-7(9)6-12-11/h3-6H,1-2H3,(H,13,15). The van der Waals surface area contributed by atoms with Crippen LogP contribution in [-0.4, -0.2) is 22.6 Å². The number of nitro groups is 1. The monoisotopic (exact) mass is 233 g/mol. The fourth-order valence-corrected chi connectivity index (χ4v) is 1.45. The number of fused-ring (bicyclic) bond motifs is 1. The maximum Gasteiger partial charge on any atom is 0.270 e. The van der Waals surface area contributed by atoms with Crippen LogP contribution in [0.25, 0.3) is 0 Å². The van der Waals surface area contributed by atoms with Crippen molar-refractivity contribution in [3.05, 3.63) is 33.9 Å². The van der Waals surface area contributed by atoms with Crippen molar-refractivity contribution in [1.82, 2.24) is 0 Å². The molecule has 0 aromatic heterocycles. The topological polar surface area (TPSA) is 84.6 Å². The van der Waals surface area contributed by atoms with E-state index < -0.39 is 10.5 Å². The molecule has 6 heteroatoms. The fraction of sp³-hybridized carbons (Fsp3) is 0.273. The maximum absolute atomic E-state index is 11.8. The van der Waals surface area contributed by atoms with Crippen molar-refractivity contribution >= 4 is 23.5 Å². The van der Waals surface area contributed by atoms with Crippen molar-refractivity contribution in [1.29, 1.82) is 0 Å². The van der Waals surface area contributed by atoms with Gasteiger partial charge >= 0.3 is 0 Å². The van der Waals surface area contributed by atoms with Crippen LogP contribution in [0.1, 0.15) is 19.4 Å². The van der Waals surface area contributed by atoms with Gasteiger partial charge < -0.3 is 5.32 Å². The average molecular weight is 233 g/mol. The minimum absolute atomic E-state index is 0.0239. The zero-order valence-corrected chi connectivity index (χ0v) is 9.43. The Morgan fingerprint density at radius 3 is 2.76 bits per heavy atom. The Balaban J connectivity index is 2.50. The van der Waals surface area contributed by atoms with Crippen molar-refractivity contribution < 1.29 is 9.72 Å². The van der Waals surface area contributed by atoms with Gasteiger partial charge in [-0.25, -0.2) is 0 Å². The number of amides is 1. The zero-order valence-electron chi connectivity index (χ0n) is 9.43. The second-order valence-corrected chi connectivity index (χ2v) is 4.30. The van der Waals surface area contributed by atoms with Gasteiger partial charge in [-0.2, -0.15) is 0 Å². The largest absolute Gasteiger partial charge is 0.323 e. The fourth-order valence-electron chi connectivity index (χ4n) is 1.45. The summed E-state index contributed by atoms with van der Waals surface area (Å²) in [4.78, 5) is 26.0. The third-order valence-corrected chi connectivity index (χ3v) is 2.58. The van der Waals surface area contributed by atoms with Crippen LogP contribution in [0.2, 0.25) is 0 Å². The van der Waals surface area contributed by atoms with Crippen LogP contribution in [0.15, 0.2) is 23.2 Å². The lowest BCUT2D eigenvalue weighted by Crippen LogP contribution is -2.34. The molecule has 17 heavy (non-hydrogen) atoms. The van der Waals surface area contributed by atoms with Gasteiger partial charge in [0, 0.05) is 23.9 Å². The molecule has 0 atom stereocenters.